The van der Waals surface area contributed by atoms with Gasteiger partial charge in [0.1, 0.15) is 0 Å². The van der Waals surface area contributed by atoms with Crippen molar-refractivity contribution < 1.29 is 56.1 Å². The fourth-order valence-corrected chi connectivity index (χ4v) is 2.94. The van der Waals surface area contributed by atoms with E-state index in [0.29, 0.717) is 0 Å². The summed E-state index contributed by atoms with van der Waals surface area (Å²) >= 11 is 0. The van der Waals surface area contributed by atoms with Gasteiger partial charge in [0.05, 0.1) is 0 Å². The molecule has 0 bridgehead atoms. The Hall–Kier alpha value is -0.267. The van der Waals surface area contributed by atoms with Crippen LogP contribution in [-0.4, -0.2) is 11.7 Å². The third-order valence-electron chi connectivity index (χ3n) is 3.71. The Bertz CT molecular complexity index is 656. The molecule has 109 valence electrons. The SMILES string of the molecule is Cc1[cH-]c2ccccc2c1C1=C(CCO)C=CC1.[Cl-].[Cl-].[Zr+3]. The number of benzene rings is 1. The Morgan fingerprint density at radius 2 is 1.90 bits per heavy atom. The van der Waals surface area contributed by atoms with Crippen molar-refractivity contribution in [3.05, 3.63) is 59.2 Å². The van der Waals surface area contributed by atoms with E-state index >= 15 is 0 Å². The summed E-state index contributed by atoms with van der Waals surface area (Å²) in [6, 6.07) is 10.8. The average molecular weight is 399 g/mol. The van der Waals surface area contributed by atoms with E-state index < -0.39 is 0 Å². The van der Waals surface area contributed by atoms with Gasteiger partial charge in [-0.1, -0.05) is 36.3 Å². The third-order valence-corrected chi connectivity index (χ3v) is 3.71. The zero-order valence-electron chi connectivity index (χ0n) is 11.9. The van der Waals surface area contributed by atoms with E-state index in [1.807, 2.05) is 0 Å². The predicted octanol–water partition coefficient (Wildman–Crippen LogP) is -2.03. The molecular formula is C17H17Cl2OZr. The van der Waals surface area contributed by atoms with Gasteiger partial charge < -0.3 is 29.9 Å². The van der Waals surface area contributed by atoms with Crippen LogP contribution < -0.4 is 24.8 Å². The van der Waals surface area contributed by atoms with Crippen LogP contribution in [0.5, 0.6) is 0 Å². The van der Waals surface area contributed by atoms with Gasteiger partial charge in [-0.3, -0.25) is 0 Å². The van der Waals surface area contributed by atoms with E-state index in [0.717, 1.165) is 12.8 Å². The Kier molecular flexibility index (Phi) is 8.89. The molecule has 0 fully saturated rings. The van der Waals surface area contributed by atoms with Crippen LogP contribution in [0.15, 0.2) is 48.1 Å². The minimum atomic E-state index is 0. The minimum absolute atomic E-state index is 0. The zero-order chi connectivity index (χ0) is 12.5. The fraction of sp³-hybridized carbons (Fsp3) is 0.235. The van der Waals surface area contributed by atoms with Crippen molar-refractivity contribution in [3.8, 4) is 0 Å². The van der Waals surface area contributed by atoms with Gasteiger partial charge in [-0.15, -0.1) is 46.2 Å². The summed E-state index contributed by atoms with van der Waals surface area (Å²) in [5, 5.41) is 11.8. The summed E-state index contributed by atoms with van der Waals surface area (Å²) in [6.07, 6.45) is 6.10. The number of halogens is 2. The molecule has 3 rings (SSSR count). The minimum Gasteiger partial charge on any atom is -1.00 e. The monoisotopic (exact) mass is 397 g/mol. The van der Waals surface area contributed by atoms with Crippen LogP contribution in [0.1, 0.15) is 24.0 Å². The van der Waals surface area contributed by atoms with Gasteiger partial charge in [0.25, 0.3) is 0 Å². The van der Waals surface area contributed by atoms with Gasteiger partial charge in [0, 0.05) is 6.61 Å². The number of aryl methyl sites for hydroxylation is 1. The average Bonchev–Trinajstić information content (AvgIpc) is 2.92. The predicted molar refractivity (Wildman–Crippen MR) is 76.7 cm³/mol. The number of hydrogen-bond donors (Lipinski definition) is 1. The molecule has 1 aliphatic carbocycles. The number of rotatable bonds is 3. The van der Waals surface area contributed by atoms with E-state index in [2.05, 4.69) is 49.4 Å². The summed E-state index contributed by atoms with van der Waals surface area (Å²) in [7, 11) is 0. The van der Waals surface area contributed by atoms with Gasteiger partial charge in [-0.25, -0.2) is 0 Å². The summed E-state index contributed by atoms with van der Waals surface area (Å²) in [6.45, 7) is 2.40. The van der Waals surface area contributed by atoms with Crippen molar-refractivity contribution in [2.24, 2.45) is 0 Å². The van der Waals surface area contributed by atoms with Crippen LogP contribution in [0.4, 0.5) is 0 Å². The van der Waals surface area contributed by atoms with Crippen molar-refractivity contribution in [2.45, 2.75) is 19.8 Å². The first-order chi connectivity index (χ1) is 8.81. The van der Waals surface area contributed by atoms with Crippen LogP contribution in [-0.2, 0) is 26.2 Å². The molecule has 0 saturated heterocycles. The molecule has 1 nitrogen and oxygen atoms in total. The standard InChI is InChI=1S/C17H17O.2ClH.Zr/c1-12-11-14-5-2-3-7-16(14)17(12)15-8-4-6-13(15)9-10-18;;;/h2-7,11,18H,8-10H2,1H3;2*1H;/q-1;;;+3/p-2. The molecule has 0 saturated carbocycles. The molecule has 0 atom stereocenters. The van der Waals surface area contributed by atoms with Crippen LogP contribution in [0.2, 0.25) is 0 Å². The molecule has 0 unspecified atom stereocenters. The van der Waals surface area contributed by atoms with Gasteiger partial charge in [-0.05, 0) is 12.8 Å². The van der Waals surface area contributed by atoms with Crippen molar-refractivity contribution >= 4 is 16.3 Å². The van der Waals surface area contributed by atoms with Gasteiger partial charge in [0.2, 0.25) is 0 Å². The molecule has 21 heavy (non-hydrogen) atoms. The first kappa shape index (κ1) is 20.7. The summed E-state index contributed by atoms with van der Waals surface area (Å²) in [5.74, 6) is 0. The normalized spacial score (nSPS) is 12.9. The van der Waals surface area contributed by atoms with E-state index in [4.69, 9.17) is 5.11 Å². The van der Waals surface area contributed by atoms with E-state index in [-0.39, 0.29) is 57.6 Å². The number of fused-ring (bicyclic) bond motifs is 1. The largest absolute Gasteiger partial charge is 3.00 e. The Balaban J connectivity index is 0.00000133. The topological polar surface area (TPSA) is 20.2 Å². The smallest absolute Gasteiger partial charge is 1.00 e. The third kappa shape index (κ3) is 3.93. The Labute approximate surface area is 157 Å². The second-order valence-electron chi connectivity index (χ2n) is 4.87. The van der Waals surface area contributed by atoms with E-state index in [9.17, 15) is 0 Å². The quantitative estimate of drug-likeness (QED) is 0.591. The maximum atomic E-state index is 9.16. The maximum Gasteiger partial charge on any atom is 3.00 e. The zero-order valence-corrected chi connectivity index (χ0v) is 15.8. The van der Waals surface area contributed by atoms with Crippen molar-refractivity contribution in [3.63, 3.8) is 0 Å². The summed E-state index contributed by atoms with van der Waals surface area (Å²) in [5.41, 5.74) is 5.39. The Morgan fingerprint density at radius 1 is 1.19 bits per heavy atom. The second-order valence-corrected chi connectivity index (χ2v) is 4.87. The molecule has 0 spiro atoms. The van der Waals surface area contributed by atoms with Gasteiger partial charge >= 0.3 is 26.2 Å². The molecule has 2 aromatic rings. The summed E-state index contributed by atoms with van der Waals surface area (Å²) in [4.78, 5) is 0. The molecule has 1 aliphatic rings. The van der Waals surface area contributed by atoms with Crippen molar-refractivity contribution in [1.82, 2.24) is 0 Å². The van der Waals surface area contributed by atoms with Crippen LogP contribution in [0, 0.1) is 6.92 Å². The molecule has 1 radical (unpaired) electrons. The van der Waals surface area contributed by atoms with Crippen LogP contribution in [0.3, 0.4) is 0 Å². The maximum absolute atomic E-state index is 9.16. The molecule has 4 heteroatoms. The molecule has 0 aromatic heterocycles. The molecular weight excluding hydrogens is 382 g/mol. The number of aliphatic hydroxyl groups excluding tert-OH is 1. The van der Waals surface area contributed by atoms with E-state index in [1.54, 1.807) is 0 Å². The van der Waals surface area contributed by atoms with Crippen LogP contribution >= 0.6 is 0 Å². The van der Waals surface area contributed by atoms with Crippen molar-refractivity contribution in [2.75, 3.05) is 6.61 Å². The van der Waals surface area contributed by atoms with Gasteiger partial charge in [0.15, 0.2) is 0 Å². The molecule has 1 N–H and O–H groups in total. The molecule has 0 aliphatic heterocycles. The first-order valence-electron chi connectivity index (χ1n) is 6.46. The molecule has 0 amide bonds. The molecule has 0 heterocycles. The molecule has 2 aromatic carbocycles. The van der Waals surface area contributed by atoms with E-state index in [1.165, 1.54) is 33.0 Å². The second kappa shape index (κ2) is 9.00. The fourth-order valence-electron chi connectivity index (χ4n) is 2.94. The van der Waals surface area contributed by atoms with Gasteiger partial charge in [-0.2, -0.15) is 0 Å². The first-order valence-corrected chi connectivity index (χ1v) is 6.46. The Morgan fingerprint density at radius 3 is 2.62 bits per heavy atom. The van der Waals surface area contributed by atoms with Crippen LogP contribution in [0.25, 0.3) is 16.3 Å². The van der Waals surface area contributed by atoms with Crippen molar-refractivity contribution in [1.29, 1.82) is 0 Å². The summed E-state index contributed by atoms with van der Waals surface area (Å²) < 4.78 is 0. The number of aliphatic hydroxyl groups is 1. The number of allylic oxidation sites excluding steroid dienone is 3. The number of hydrogen-bond acceptors (Lipinski definition) is 1.